The van der Waals surface area contributed by atoms with E-state index in [1.165, 1.54) is 37.6 Å². The van der Waals surface area contributed by atoms with Gasteiger partial charge in [-0.3, -0.25) is 9.59 Å². The molecule has 2 N–H and O–H groups in total. The maximum absolute atomic E-state index is 13.0. The SMILES string of the molecule is COc1cc(/C=N/NC(=O)c2ccc(C)cc2)cc(Cl)c1OCC(=O)Nc1ccc(F)cc1. The Morgan fingerprint density at radius 3 is 2.45 bits per heavy atom. The first-order valence-electron chi connectivity index (χ1n) is 9.81. The number of carbonyl (C=O) groups excluding carboxylic acids is 2. The van der Waals surface area contributed by atoms with E-state index in [4.69, 9.17) is 21.1 Å². The molecule has 170 valence electrons. The lowest BCUT2D eigenvalue weighted by atomic mass is 10.1. The van der Waals surface area contributed by atoms with Crippen molar-refractivity contribution < 1.29 is 23.5 Å². The molecule has 7 nitrogen and oxygen atoms in total. The number of aryl methyl sites for hydroxylation is 1. The number of hydrazone groups is 1. The summed E-state index contributed by atoms with van der Waals surface area (Å²) in [6.45, 7) is 1.59. The number of halogens is 2. The van der Waals surface area contributed by atoms with Gasteiger partial charge in [-0.1, -0.05) is 29.3 Å². The first kappa shape index (κ1) is 23.7. The van der Waals surface area contributed by atoms with Crippen molar-refractivity contribution in [3.63, 3.8) is 0 Å². The maximum atomic E-state index is 13.0. The summed E-state index contributed by atoms with van der Waals surface area (Å²) >= 11 is 6.30. The molecule has 3 aromatic carbocycles. The number of benzene rings is 3. The predicted molar refractivity (Wildman–Crippen MR) is 125 cm³/mol. The molecule has 33 heavy (non-hydrogen) atoms. The Labute approximate surface area is 195 Å². The van der Waals surface area contributed by atoms with E-state index in [2.05, 4.69) is 15.8 Å². The molecular formula is C24H21ClFN3O4. The predicted octanol–water partition coefficient (Wildman–Crippen LogP) is 4.58. The first-order valence-corrected chi connectivity index (χ1v) is 10.2. The normalized spacial score (nSPS) is 10.7. The van der Waals surface area contributed by atoms with Crippen LogP contribution in [0.1, 0.15) is 21.5 Å². The zero-order chi connectivity index (χ0) is 23.8. The highest BCUT2D eigenvalue weighted by Gasteiger charge is 2.14. The molecule has 0 fully saturated rings. The van der Waals surface area contributed by atoms with Crippen LogP contribution in [0.2, 0.25) is 5.02 Å². The monoisotopic (exact) mass is 469 g/mol. The van der Waals surface area contributed by atoms with Gasteiger partial charge in [0.05, 0.1) is 18.3 Å². The summed E-state index contributed by atoms with van der Waals surface area (Å²) in [6.07, 6.45) is 1.41. The molecule has 0 radical (unpaired) electrons. The van der Waals surface area contributed by atoms with Gasteiger partial charge in [0.25, 0.3) is 11.8 Å². The van der Waals surface area contributed by atoms with Crippen molar-refractivity contribution in [1.29, 1.82) is 0 Å². The van der Waals surface area contributed by atoms with Crippen LogP contribution in [0.25, 0.3) is 0 Å². The third-order valence-corrected chi connectivity index (χ3v) is 4.70. The van der Waals surface area contributed by atoms with Gasteiger partial charge < -0.3 is 14.8 Å². The van der Waals surface area contributed by atoms with Gasteiger partial charge in [0.2, 0.25) is 0 Å². The third kappa shape index (κ3) is 6.78. The fraction of sp³-hybridized carbons (Fsp3) is 0.125. The van der Waals surface area contributed by atoms with Crippen LogP contribution in [-0.4, -0.2) is 31.7 Å². The van der Waals surface area contributed by atoms with Crippen molar-refractivity contribution >= 4 is 35.3 Å². The molecule has 0 aliphatic carbocycles. The Balaban J connectivity index is 1.62. The smallest absolute Gasteiger partial charge is 0.271 e. The highest BCUT2D eigenvalue weighted by Crippen LogP contribution is 2.36. The van der Waals surface area contributed by atoms with E-state index in [1.54, 1.807) is 24.3 Å². The molecule has 2 amide bonds. The lowest BCUT2D eigenvalue weighted by Crippen LogP contribution is -2.20. The Kier molecular flexibility index (Phi) is 7.99. The van der Waals surface area contributed by atoms with E-state index in [1.807, 2.05) is 19.1 Å². The van der Waals surface area contributed by atoms with Crippen LogP contribution in [-0.2, 0) is 4.79 Å². The number of methoxy groups -OCH3 is 1. The number of nitrogens with zero attached hydrogens (tertiary/aromatic N) is 1. The molecule has 0 bridgehead atoms. The second-order valence-corrected chi connectivity index (χ2v) is 7.35. The van der Waals surface area contributed by atoms with Crippen LogP contribution in [0.4, 0.5) is 10.1 Å². The van der Waals surface area contributed by atoms with Crippen molar-refractivity contribution in [1.82, 2.24) is 5.43 Å². The number of nitrogens with one attached hydrogen (secondary N) is 2. The summed E-state index contributed by atoms with van der Waals surface area (Å²) < 4.78 is 23.8. The first-order chi connectivity index (χ1) is 15.9. The van der Waals surface area contributed by atoms with Crippen LogP contribution in [0, 0.1) is 12.7 Å². The molecule has 0 heterocycles. The van der Waals surface area contributed by atoms with Crippen molar-refractivity contribution in [2.75, 3.05) is 19.0 Å². The van der Waals surface area contributed by atoms with E-state index in [9.17, 15) is 14.0 Å². The van der Waals surface area contributed by atoms with Crippen LogP contribution in [0.5, 0.6) is 11.5 Å². The van der Waals surface area contributed by atoms with E-state index >= 15 is 0 Å². The van der Waals surface area contributed by atoms with Crippen molar-refractivity contribution in [3.05, 3.63) is 88.2 Å². The summed E-state index contributed by atoms with van der Waals surface area (Å²) in [7, 11) is 1.43. The molecule has 9 heteroatoms. The van der Waals surface area contributed by atoms with Crippen LogP contribution in [0.3, 0.4) is 0 Å². The standard InChI is InChI=1S/C24H21ClFN3O4/c1-15-3-5-17(6-4-15)24(31)29-27-13-16-11-20(25)23(21(12-16)32-2)33-14-22(30)28-19-9-7-18(26)8-10-19/h3-13H,14H2,1-2H3,(H,28,30)(H,29,31)/b27-13+. The molecule has 0 aliphatic heterocycles. The molecule has 0 saturated heterocycles. The topological polar surface area (TPSA) is 89.0 Å². The highest BCUT2D eigenvalue weighted by atomic mass is 35.5. The molecule has 3 rings (SSSR count). The molecule has 0 spiro atoms. The van der Waals surface area contributed by atoms with E-state index in [0.29, 0.717) is 16.8 Å². The lowest BCUT2D eigenvalue weighted by Gasteiger charge is -2.13. The summed E-state index contributed by atoms with van der Waals surface area (Å²) in [5.74, 6) is -0.752. The van der Waals surface area contributed by atoms with E-state index in [-0.39, 0.29) is 29.0 Å². The fourth-order valence-corrected chi connectivity index (χ4v) is 3.03. The van der Waals surface area contributed by atoms with Gasteiger partial charge >= 0.3 is 0 Å². The minimum atomic E-state index is -0.454. The minimum Gasteiger partial charge on any atom is -0.493 e. The van der Waals surface area contributed by atoms with Gasteiger partial charge in [-0.15, -0.1) is 0 Å². The van der Waals surface area contributed by atoms with E-state index < -0.39 is 11.7 Å². The van der Waals surface area contributed by atoms with Crippen LogP contribution >= 0.6 is 11.6 Å². The third-order valence-electron chi connectivity index (χ3n) is 4.42. The van der Waals surface area contributed by atoms with Crippen molar-refractivity contribution in [2.24, 2.45) is 5.10 Å². The number of carbonyl (C=O) groups is 2. The second kappa shape index (κ2) is 11.1. The number of hydrogen-bond acceptors (Lipinski definition) is 5. The maximum Gasteiger partial charge on any atom is 0.271 e. The zero-order valence-corrected chi connectivity index (χ0v) is 18.7. The summed E-state index contributed by atoms with van der Waals surface area (Å²) in [6, 6.07) is 15.6. The number of ether oxygens (including phenoxy) is 2. The quantitative estimate of drug-likeness (QED) is 0.373. The number of rotatable bonds is 8. The molecule has 0 saturated carbocycles. The number of hydrogen-bond donors (Lipinski definition) is 2. The van der Waals surface area contributed by atoms with Crippen LogP contribution < -0.4 is 20.2 Å². The van der Waals surface area contributed by atoms with Gasteiger partial charge in [0, 0.05) is 11.3 Å². The van der Waals surface area contributed by atoms with Crippen LogP contribution in [0.15, 0.2) is 65.8 Å². The zero-order valence-electron chi connectivity index (χ0n) is 17.9. The average Bonchev–Trinajstić information content (AvgIpc) is 2.80. The minimum absolute atomic E-state index is 0.175. The molecular weight excluding hydrogens is 449 g/mol. The van der Waals surface area contributed by atoms with Crippen molar-refractivity contribution in [3.8, 4) is 11.5 Å². The van der Waals surface area contributed by atoms with Gasteiger partial charge in [0.15, 0.2) is 18.1 Å². The fourth-order valence-electron chi connectivity index (χ4n) is 2.76. The average molecular weight is 470 g/mol. The molecule has 0 atom stereocenters. The number of amides is 2. The highest BCUT2D eigenvalue weighted by molar-refractivity contribution is 6.32. The molecule has 3 aromatic rings. The summed E-state index contributed by atoms with van der Waals surface area (Å²) in [5.41, 5.74) is 4.95. The lowest BCUT2D eigenvalue weighted by molar-refractivity contribution is -0.118. The Morgan fingerprint density at radius 1 is 1.09 bits per heavy atom. The number of anilines is 1. The molecule has 0 aromatic heterocycles. The van der Waals surface area contributed by atoms with Gasteiger partial charge in [-0.2, -0.15) is 5.10 Å². The molecule has 0 aliphatic rings. The Bertz CT molecular complexity index is 1170. The van der Waals surface area contributed by atoms with Gasteiger partial charge in [-0.25, -0.2) is 9.82 Å². The summed E-state index contributed by atoms with van der Waals surface area (Å²) in [5, 5.41) is 6.72. The molecule has 0 unspecified atom stereocenters. The van der Waals surface area contributed by atoms with Crippen molar-refractivity contribution in [2.45, 2.75) is 6.92 Å². The largest absolute Gasteiger partial charge is 0.493 e. The van der Waals surface area contributed by atoms with Gasteiger partial charge in [-0.05, 0) is 61.0 Å². The Morgan fingerprint density at radius 2 is 1.79 bits per heavy atom. The Hall–Kier alpha value is -3.91. The van der Waals surface area contributed by atoms with E-state index in [0.717, 1.165) is 5.56 Å². The summed E-state index contributed by atoms with van der Waals surface area (Å²) in [4.78, 5) is 24.2. The second-order valence-electron chi connectivity index (χ2n) is 6.94. The van der Waals surface area contributed by atoms with Gasteiger partial charge in [0.1, 0.15) is 5.82 Å².